The van der Waals surface area contributed by atoms with Gasteiger partial charge in [-0.25, -0.2) is 0 Å². The zero-order valence-corrected chi connectivity index (χ0v) is 21.2. The molecule has 0 fully saturated rings. The topological polar surface area (TPSA) is 0 Å². The van der Waals surface area contributed by atoms with Gasteiger partial charge in [0.25, 0.3) is 0 Å². The minimum Gasteiger partial charge on any atom is 0 e. The van der Waals surface area contributed by atoms with Crippen LogP contribution in [0.4, 0.5) is 0 Å². The van der Waals surface area contributed by atoms with Crippen molar-refractivity contribution < 1.29 is 105 Å². The van der Waals surface area contributed by atoms with Crippen molar-refractivity contribution in [2.24, 2.45) is 0 Å². The van der Waals surface area contributed by atoms with E-state index in [0.717, 1.165) is 0 Å². The first kappa shape index (κ1) is 88.8. The Hall–Kier alpha value is 4.09. The van der Waals surface area contributed by atoms with Crippen LogP contribution in [0.25, 0.3) is 0 Å². The molecule has 0 N–H and O–H groups in total. The summed E-state index contributed by atoms with van der Waals surface area (Å²) in [5.74, 6) is 0. The minimum atomic E-state index is 0. The Kier molecular flexibility index (Phi) is 749. The molecule has 0 aromatic rings. The van der Waals surface area contributed by atoms with Crippen molar-refractivity contribution in [3.05, 3.63) is 0 Å². The summed E-state index contributed by atoms with van der Waals surface area (Å²) >= 11 is 0. The minimum absolute atomic E-state index is 0. The molecule has 0 aliphatic rings. The maximum atomic E-state index is 0. The smallest absolute Gasteiger partial charge is 0 e. The standard InChI is InChI=1S/3Si.5W. The summed E-state index contributed by atoms with van der Waals surface area (Å²) in [5.41, 5.74) is 0. The Balaban J connectivity index is 0. The van der Waals surface area contributed by atoms with E-state index in [1.54, 1.807) is 0 Å². The molecule has 42 valence electrons. The first-order valence-corrected chi connectivity index (χ1v) is 0. The molecule has 0 nitrogen and oxygen atoms in total. The fraction of sp³-hybridized carbons (Fsp3) is 0. The first-order valence-electron chi connectivity index (χ1n) is 0. The van der Waals surface area contributed by atoms with E-state index in [1.165, 1.54) is 0 Å². The molecule has 0 rings (SSSR count). The summed E-state index contributed by atoms with van der Waals surface area (Å²) < 4.78 is 0. The van der Waals surface area contributed by atoms with Gasteiger partial charge >= 0.3 is 0 Å². The van der Waals surface area contributed by atoms with Gasteiger partial charge in [-0.15, -0.1) is 0 Å². The summed E-state index contributed by atoms with van der Waals surface area (Å²) in [6.07, 6.45) is 0. The second kappa shape index (κ2) is 67.5. The molecule has 0 saturated heterocycles. The molecular formula is Si3W5. The second-order valence-corrected chi connectivity index (χ2v) is 0. The maximum absolute atomic E-state index is 0. The Morgan fingerprint density at radius 1 is 0.250 bits per heavy atom. The van der Waals surface area contributed by atoms with Crippen LogP contribution < -0.4 is 0 Å². The van der Waals surface area contributed by atoms with Crippen molar-refractivity contribution >= 4 is 32.9 Å². The van der Waals surface area contributed by atoms with Crippen LogP contribution in [0.3, 0.4) is 0 Å². The molecule has 0 amide bonds. The molecule has 0 bridgehead atoms. The third-order valence-corrected chi connectivity index (χ3v) is 0. The molecule has 0 aliphatic carbocycles. The van der Waals surface area contributed by atoms with Gasteiger partial charge in [0.1, 0.15) is 0 Å². The van der Waals surface area contributed by atoms with Gasteiger partial charge in [0, 0.05) is 138 Å². The zero-order chi connectivity index (χ0) is 0. The van der Waals surface area contributed by atoms with Gasteiger partial charge in [-0.2, -0.15) is 0 Å². The summed E-state index contributed by atoms with van der Waals surface area (Å²) in [4.78, 5) is 0. The monoisotopic (exact) mass is 1000 g/mol. The molecule has 0 saturated carbocycles. The van der Waals surface area contributed by atoms with E-state index < -0.39 is 0 Å². The van der Waals surface area contributed by atoms with E-state index in [1.807, 2.05) is 0 Å². The molecule has 0 aromatic carbocycles. The van der Waals surface area contributed by atoms with Crippen molar-refractivity contribution in [3.63, 3.8) is 0 Å². The summed E-state index contributed by atoms with van der Waals surface area (Å²) in [5, 5.41) is 0. The summed E-state index contributed by atoms with van der Waals surface area (Å²) in [6.45, 7) is 0. The molecule has 8 heteroatoms. The number of rotatable bonds is 0. The van der Waals surface area contributed by atoms with E-state index in [-0.39, 0.29) is 138 Å². The van der Waals surface area contributed by atoms with Crippen molar-refractivity contribution in [2.75, 3.05) is 0 Å². The molecule has 0 atom stereocenters. The largest absolute Gasteiger partial charge is 0 e. The van der Waals surface area contributed by atoms with E-state index in [0.29, 0.717) is 0 Å². The molecule has 0 aliphatic heterocycles. The maximum Gasteiger partial charge on any atom is 0 e. The molecule has 0 unspecified atom stereocenters. The van der Waals surface area contributed by atoms with Gasteiger partial charge in [-0.1, -0.05) is 0 Å². The van der Waals surface area contributed by atoms with Gasteiger partial charge in [-0.3, -0.25) is 0 Å². The van der Waals surface area contributed by atoms with Crippen LogP contribution in [0.1, 0.15) is 0 Å². The Morgan fingerprint density at radius 3 is 0.250 bits per heavy atom. The van der Waals surface area contributed by atoms with Gasteiger partial charge in [0.15, 0.2) is 0 Å². The number of hydrogen-bond acceptors (Lipinski definition) is 0. The van der Waals surface area contributed by atoms with Crippen LogP contribution in [0, 0.1) is 0 Å². The van der Waals surface area contributed by atoms with Crippen molar-refractivity contribution in [3.8, 4) is 0 Å². The van der Waals surface area contributed by atoms with Crippen LogP contribution in [0.5, 0.6) is 0 Å². The average molecular weight is 1000 g/mol. The normalized spacial score (nSPS) is 0. The van der Waals surface area contributed by atoms with Crippen LogP contribution in [-0.2, 0) is 105 Å². The Bertz CT molecular complexity index is 7.64. The van der Waals surface area contributed by atoms with Crippen molar-refractivity contribution in [2.45, 2.75) is 0 Å². The van der Waals surface area contributed by atoms with Crippen LogP contribution >= 0.6 is 0 Å². The molecule has 8 heavy (non-hydrogen) atoms. The van der Waals surface area contributed by atoms with Crippen LogP contribution in [0.2, 0.25) is 0 Å². The van der Waals surface area contributed by atoms with Crippen LogP contribution in [-0.4, -0.2) is 32.9 Å². The Morgan fingerprint density at radius 2 is 0.250 bits per heavy atom. The van der Waals surface area contributed by atoms with Gasteiger partial charge in [0.05, 0.1) is 0 Å². The van der Waals surface area contributed by atoms with Crippen molar-refractivity contribution in [1.82, 2.24) is 0 Å². The predicted molar refractivity (Wildman–Crippen MR) is 17.3 cm³/mol. The third kappa shape index (κ3) is 49.8. The SMILES string of the molecule is [Si].[Si].[Si].[W].[W].[W].[W].[W]. The van der Waals surface area contributed by atoms with E-state index in [2.05, 4.69) is 0 Å². The average Bonchev–Trinajstić information content (AvgIpc) is 0. The second-order valence-electron chi connectivity index (χ2n) is 0. The Labute approximate surface area is 136 Å². The quantitative estimate of drug-likeness (QED) is 0.270. The zero-order valence-electron chi connectivity index (χ0n) is 3.54. The fourth-order valence-corrected chi connectivity index (χ4v) is 0. The van der Waals surface area contributed by atoms with Crippen molar-refractivity contribution in [1.29, 1.82) is 0 Å². The molecule has 0 spiro atoms. The van der Waals surface area contributed by atoms with Gasteiger partial charge in [-0.05, 0) is 0 Å². The third-order valence-electron chi connectivity index (χ3n) is 0. The fourth-order valence-electron chi connectivity index (χ4n) is 0. The number of hydrogen-bond donors (Lipinski definition) is 0. The van der Waals surface area contributed by atoms with E-state index in [9.17, 15) is 0 Å². The molecule has 12 radical (unpaired) electrons. The predicted octanol–water partition coefficient (Wildman–Crippen LogP) is -1.15. The van der Waals surface area contributed by atoms with Crippen LogP contribution in [0.15, 0.2) is 0 Å². The summed E-state index contributed by atoms with van der Waals surface area (Å²) in [7, 11) is 0. The van der Waals surface area contributed by atoms with E-state index in [4.69, 9.17) is 0 Å². The van der Waals surface area contributed by atoms with E-state index >= 15 is 0 Å². The molecule has 0 heterocycles. The molecular weight excluding hydrogens is 1000 g/mol. The first-order chi connectivity index (χ1) is 0. The van der Waals surface area contributed by atoms with Gasteiger partial charge in [0.2, 0.25) is 0 Å². The van der Waals surface area contributed by atoms with Gasteiger partial charge < -0.3 is 0 Å². The summed E-state index contributed by atoms with van der Waals surface area (Å²) in [6, 6.07) is 0. The molecule has 0 aromatic heterocycles.